The number of carbonyl (C=O) groups excluding carboxylic acids is 1. The zero-order chi connectivity index (χ0) is 19.6. The minimum atomic E-state index is -3.84. The van der Waals surface area contributed by atoms with Gasteiger partial charge in [-0.3, -0.25) is 9.48 Å². The van der Waals surface area contributed by atoms with Gasteiger partial charge in [0.15, 0.2) is 0 Å². The first-order valence-electron chi connectivity index (χ1n) is 8.49. The summed E-state index contributed by atoms with van der Waals surface area (Å²) in [6.07, 6.45) is 3.71. The summed E-state index contributed by atoms with van der Waals surface area (Å²) in [5.74, 6) is -0.376. The highest BCUT2D eigenvalue weighted by molar-refractivity contribution is 7.89. The van der Waals surface area contributed by atoms with Gasteiger partial charge in [0.25, 0.3) is 0 Å². The second kappa shape index (κ2) is 8.18. The van der Waals surface area contributed by atoms with Gasteiger partial charge in [0.1, 0.15) is 11.4 Å². The van der Waals surface area contributed by atoms with Crippen LogP contribution in [0.2, 0.25) is 10.0 Å². The third kappa shape index (κ3) is 4.45. The van der Waals surface area contributed by atoms with E-state index in [0.29, 0.717) is 24.5 Å². The Hall–Kier alpha value is -1.61. The van der Waals surface area contributed by atoms with Crippen LogP contribution in [0, 0.1) is 0 Å². The third-order valence-electron chi connectivity index (χ3n) is 4.33. The molecule has 1 unspecified atom stereocenters. The summed E-state index contributed by atoms with van der Waals surface area (Å²) in [5, 5.41) is 4.66. The van der Waals surface area contributed by atoms with Gasteiger partial charge in [0.05, 0.1) is 23.9 Å². The molecule has 0 saturated carbocycles. The molecule has 0 saturated heterocycles. The summed E-state index contributed by atoms with van der Waals surface area (Å²) < 4.78 is 34.8. The molecule has 3 rings (SSSR count). The molecule has 146 valence electrons. The van der Waals surface area contributed by atoms with E-state index < -0.39 is 16.1 Å². The van der Waals surface area contributed by atoms with Gasteiger partial charge in [0, 0.05) is 16.3 Å². The third-order valence-corrected chi connectivity index (χ3v) is 6.52. The summed E-state index contributed by atoms with van der Waals surface area (Å²) in [5.41, 5.74) is 1.60. The lowest BCUT2D eigenvalue weighted by molar-refractivity contribution is -0.144. The van der Waals surface area contributed by atoms with Crippen molar-refractivity contribution in [2.45, 2.75) is 43.7 Å². The average Bonchev–Trinajstić information content (AvgIpc) is 2.98. The van der Waals surface area contributed by atoms with Crippen LogP contribution < -0.4 is 4.72 Å². The summed E-state index contributed by atoms with van der Waals surface area (Å²) in [6, 6.07) is 3.80. The minimum Gasteiger partial charge on any atom is -0.465 e. The minimum absolute atomic E-state index is 0.00561. The number of carbonyl (C=O) groups is 1. The largest absolute Gasteiger partial charge is 0.465 e. The van der Waals surface area contributed by atoms with Crippen molar-refractivity contribution >= 4 is 39.2 Å². The van der Waals surface area contributed by atoms with Gasteiger partial charge in [0.2, 0.25) is 10.0 Å². The highest BCUT2D eigenvalue weighted by Gasteiger charge is 2.30. The van der Waals surface area contributed by atoms with E-state index in [0.717, 1.165) is 17.7 Å². The van der Waals surface area contributed by atoms with E-state index >= 15 is 0 Å². The maximum absolute atomic E-state index is 12.8. The van der Waals surface area contributed by atoms with Crippen molar-refractivity contribution in [3.8, 4) is 0 Å². The van der Waals surface area contributed by atoms with Crippen LogP contribution in [0.25, 0.3) is 0 Å². The summed E-state index contributed by atoms with van der Waals surface area (Å²) >= 11 is 11.9. The predicted molar refractivity (Wildman–Crippen MR) is 101 cm³/mol. The molecule has 0 bridgehead atoms. The Bertz CT molecular complexity index is 959. The van der Waals surface area contributed by atoms with Crippen molar-refractivity contribution in [1.29, 1.82) is 0 Å². The van der Waals surface area contributed by atoms with Gasteiger partial charge >= 0.3 is 5.97 Å². The monoisotopic (exact) mass is 431 g/mol. The number of hydrogen-bond donors (Lipinski definition) is 1. The second-order valence-corrected chi connectivity index (χ2v) is 8.68. The average molecular weight is 432 g/mol. The molecular weight excluding hydrogens is 413 g/mol. The van der Waals surface area contributed by atoms with E-state index in [1.165, 1.54) is 18.2 Å². The lowest BCUT2D eigenvalue weighted by Crippen LogP contribution is -2.31. The van der Waals surface area contributed by atoms with E-state index in [2.05, 4.69) is 9.82 Å². The maximum atomic E-state index is 12.8. The van der Waals surface area contributed by atoms with Crippen molar-refractivity contribution in [2.75, 3.05) is 6.61 Å². The van der Waals surface area contributed by atoms with E-state index in [1.54, 1.807) is 17.8 Å². The summed E-state index contributed by atoms with van der Waals surface area (Å²) in [7, 11) is -3.84. The fourth-order valence-corrected chi connectivity index (χ4v) is 5.17. The molecule has 0 spiro atoms. The molecule has 2 aromatic rings. The topological polar surface area (TPSA) is 90.3 Å². The van der Waals surface area contributed by atoms with Gasteiger partial charge in [-0.1, -0.05) is 23.2 Å². The number of hydrogen-bond acceptors (Lipinski definition) is 5. The molecule has 1 N–H and O–H groups in total. The normalized spacial score (nSPS) is 16.8. The summed E-state index contributed by atoms with van der Waals surface area (Å²) in [4.78, 5) is 11.7. The van der Waals surface area contributed by atoms with Gasteiger partial charge in [-0.2, -0.15) is 5.10 Å². The number of nitrogens with zero attached hydrogens (tertiary/aromatic N) is 2. The van der Waals surface area contributed by atoms with Crippen LogP contribution >= 0.6 is 23.2 Å². The number of benzene rings is 1. The van der Waals surface area contributed by atoms with Crippen LogP contribution in [-0.4, -0.2) is 30.8 Å². The van der Waals surface area contributed by atoms with Gasteiger partial charge < -0.3 is 4.74 Å². The Morgan fingerprint density at radius 3 is 2.89 bits per heavy atom. The fraction of sp³-hybridized carbons (Fsp3) is 0.412. The lowest BCUT2D eigenvalue weighted by atomic mass is 9.94. The molecule has 1 aromatic heterocycles. The van der Waals surface area contributed by atoms with Crippen LogP contribution in [0.5, 0.6) is 0 Å². The molecule has 27 heavy (non-hydrogen) atoms. The first kappa shape index (κ1) is 20.1. The molecule has 10 heteroatoms. The van der Waals surface area contributed by atoms with Crippen LogP contribution in [0.4, 0.5) is 0 Å². The highest BCUT2D eigenvalue weighted by Crippen LogP contribution is 2.32. The smallest absolute Gasteiger partial charge is 0.327 e. The Morgan fingerprint density at radius 2 is 2.19 bits per heavy atom. The summed E-state index contributed by atoms with van der Waals surface area (Å²) in [6.45, 7) is 2.04. The number of nitrogens with one attached hydrogen (secondary N) is 1. The SMILES string of the molecule is CCOC(=O)Cn1ncc2c1CCCC2NS(=O)(=O)c1ccc(Cl)cc1Cl. The van der Waals surface area contributed by atoms with Crippen molar-refractivity contribution in [2.24, 2.45) is 0 Å². The van der Waals surface area contributed by atoms with Crippen molar-refractivity contribution in [3.63, 3.8) is 0 Å². The molecule has 0 radical (unpaired) electrons. The van der Waals surface area contributed by atoms with Crippen LogP contribution in [0.3, 0.4) is 0 Å². The van der Waals surface area contributed by atoms with E-state index in [4.69, 9.17) is 27.9 Å². The number of fused-ring (bicyclic) bond motifs is 1. The lowest BCUT2D eigenvalue weighted by Gasteiger charge is -2.24. The number of rotatable bonds is 6. The Kier molecular flexibility index (Phi) is 6.10. The zero-order valence-electron chi connectivity index (χ0n) is 14.6. The number of ether oxygens (including phenoxy) is 1. The first-order chi connectivity index (χ1) is 12.8. The van der Waals surface area contributed by atoms with Crippen LogP contribution in [0.1, 0.15) is 37.1 Å². The molecular formula is C17H19Cl2N3O4S. The molecule has 1 aliphatic rings. The van der Waals surface area contributed by atoms with Gasteiger partial charge in [-0.15, -0.1) is 0 Å². The molecule has 0 aliphatic heterocycles. The number of esters is 1. The quantitative estimate of drug-likeness (QED) is 0.709. The van der Waals surface area contributed by atoms with Gasteiger partial charge in [-0.25, -0.2) is 13.1 Å². The van der Waals surface area contributed by atoms with E-state index in [1.807, 2.05) is 0 Å². The van der Waals surface area contributed by atoms with Crippen molar-refractivity contribution < 1.29 is 17.9 Å². The number of sulfonamides is 1. The molecule has 1 aliphatic carbocycles. The Balaban J connectivity index is 1.84. The molecule has 1 heterocycles. The Morgan fingerprint density at radius 1 is 1.41 bits per heavy atom. The predicted octanol–water partition coefficient (Wildman–Crippen LogP) is 3.11. The molecule has 0 amide bonds. The van der Waals surface area contributed by atoms with Crippen molar-refractivity contribution in [1.82, 2.24) is 14.5 Å². The van der Waals surface area contributed by atoms with E-state index in [-0.39, 0.29) is 22.4 Å². The number of halogens is 2. The second-order valence-electron chi connectivity index (χ2n) is 6.15. The highest BCUT2D eigenvalue weighted by atomic mass is 35.5. The van der Waals surface area contributed by atoms with Crippen molar-refractivity contribution in [3.05, 3.63) is 45.7 Å². The fourth-order valence-electron chi connectivity index (χ4n) is 3.15. The standard InChI is InChI=1S/C17H19Cl2N3O4S/c1-2-26-17(23)10-22-15-5-3-4-14(12(15)9-20-22)21-27(24,25)16-7-6-11(18)8-13(16)19/h6-9,14,21H,2-5,10H2,1H3. The van der Waals surface area contributed by atoms with Gasteiger partial charge in [-0.05, 0) is 44.4 Å². The molecule has 1 aromatic carbocycles. The van der Waals surface area contributed by atoms with Crippen LogP contribution in [-0.2, 0) is 32.5 Å². The molecule has 1 atom stereocenters. The molecule has 0 fully saturated rings. The zero-order valence-corrected chi connectivity index (χ0v) is 16.9. The Labute approximate surface area is 167 Å². The first-order valence-corrected chi connectivity index (χ1v) is 10.7. The molecule has 7 nitrogen and oxygen atoms in total. The number of aromatic nitrogens is 2. The van der Waals surface area contributed by atoms with E-state index in [9.17, 15) is 13.2 Å². The van der Waals surface area contributed by atoms with Crippen LogP contribution in [0.15, 0.2) is 29.3 Å². The maximum Gasteiger partial charge on any atom is 0.327 e.